The van der Waals surface area contributed by atoms with Gasteiger partial charge < -0.3 is 14.7 Å². The molecule has 2 aromatic rings. The average Bonchev–Trinajstić information content (AvgIpc) is 3.26. The number of benzene rings is 1. The molecule has 0 radical (unpaired) electrons. The summed E-state index contributed by atoms with van der Waals surface area (Å²) in [5.74, 6) is 1.66. The van der Waals surface area contributed by atoms with Gasteiger partial charge in [0.1, 0.15) is 0 Å². The third kappa shape index (κ3) is 3.85. The van der Waals surface area contributed by atoms with Crippen LogP contribution in [-0.2, 0) is 13.1 Å². The van der Waals surface area contributed by atoms with E-state index >= 15 is 0 Å². The number of nitrogens with one attached hydrogen (secondary N) is 1. The maximum absolute atomic E-state index is 12.1. The van der Waals surface area contributed by atoms with Crippen LogP contribution in [0.3, 0.4) is 0 Å². The predicted molar refractivity (Wildman–Crippen MR) is 84.1 cm³/mol. The molecule has 0 unspecified atom stereocenters. The van der Waals surface area contributed by atoms with Crippen molar-refractivity contribution in [3.05, 3.63) is 46.0 Å². The molecule has 6 nitrogen and oxygen atoms in total. The lowest BCUT2D eigenvalue weighted by Gasteiger charge is -2.17. The average molecular weight is 365 g/mol. The first-order valence-corrected chi connectivity index (χ1v) is 7.97. The van der Waals surface area contributed by atoms with E-state index in [0.717, 1.165) is 28.7 Å². The molecule has 22 heavy (non-hydrogen) atoms. The molecule has 2 amide bonds. The lowest BCUT2D eigenvalue weighted by molar-refractivity contribution is 0.204. The minimum atomic E-state index is -0.172. The molecule has 1 aromatic carbocycles. The number of carbonyl (C=O) groups is 1. The maximum atomic E-state index is 12.1. The van der Waals surface area contributed by atoms with Gasteiger partial charge >= 0.3 is 6.03 Å². The molecule has 1 aliphatic rings. The van der Waals surface area contributed by atoms with E-state index in [-0.39, 0.29) is 12.6 Å². The molecule has 0 aliphatic heterocycles. The van der Waals surface area contributed by atoms with E-state index in [9.17, 15) is 4.79 Å². The number of nitrogens with zero attached hydrogens (tertiary/aromatic N) is 3. The Morgan fingerprint density at radius 1 is 1.41 bits per heavy atom. The molecule has 1 N–H and O–H groups in total. The first-order chi connectivity index (χ1) is 10.6. The Balaban J connectivity index is 1.48. The van der Waals surface area contributed by atoms with Crippen molar-refractivity contribution in [2.45, 2.75) is 31.8 Å². The van der Waals surface area contributed by atoms with Crippen LogP contribution in [0.25, 0.3) is 0 Å². The quantitative estimate of drug-likeness (QED) is 0.884. The van der Waals surface area contributed by atoms with Crippen LogP contribution in [0.1, 0.15) is 36.0 Å². The highest BCUT2D eigenvalue weighted by Gasteiger charge is 2.28. The highest BCUT2D eigenvalue weighted by atomic mass is 79.9. The molecule has 116 valence electrons. The number of urea groups is 1. The molecule has 0 spiro atoms. The van der Waals surface area contributed by atoms with Crippen molar-refractivity contribution in [3.63, 3.8) is 0 Å². The van der Waals surface area contributed by atoms with Gasteiger partial charge in [0.2, 0.25) is 5.89 Å². The van der Waals surface area contributed by atoms with Gasteiger partial charge in [-0.3, -0.25) is 0 Å². The van der Waals surface area contributed by atoms with Crippen molar-refractivity contribution in [1.82, 2.24) is 20.4 Å². The fourth-order valence-electron chi connectivity index (χ4n) is 2.07. The molecule has 3 rings (SSSR count). The van der Waals surface area contributed by atoms with Gasteiger partial charge in [-0.05, 0) is 30.5 Å². The third-order valence-corrected chi connectivity index (χ3v) is 4.03. The standard InChI is InChI=1S/C15H17BrN4O2/c1-20(9-10-2-6-12(16)7-3-10)15(21)17-8-13-18-14(19-22-13)11-4-5-11/h2-3,6-7,11H,4-5,8-9H2,1H3,(H,17,21). The molecule has 1 aromatic heterocycles. The van der Waals surface area contributed by atoms with Crippen molar-refractivity contribution in [2.24, 2.45) is 0 Å². The first-order valence-electron chi connectivity index (χ1n) is 7.17. The summed E-state index contributed by atoms with van der Waals surface area (Å²) in [5, 5.41) is 6.71. The van der Waals surface area contributed by atoms with E-state index in [1.54, 1.807) is 11.9 Å². The zero-order valence-corrected chi connectivity index (χ0v) is 13.8. The minimum Gasteiger partial charge on any atom is -0.337 e. The minimum absolute atomic E-state index is 0.172. The van der Waals surface area contributed by atoms with Gasteiger partial charge in [0.05, 0.1) is 6.54 Å². The number of halogens is 1. The normalized spacial score (nSPS) is 13.9. The fraction of sp³-hybridized carbons (Fsp3) is 0.400. The summed E-state index contributed by atoms with van der Waals surface area (Å²) in [4.78, 5) is 17.9. The van der Waals surface area contributed by atoms with Crippen LogP contribution in [0.5, 0.6) is 0 Å². The van der Waals surface area contributed by atoms with Crippen LogP contribution in [-0.4, -0.2) is 28.1 Å². The van der Waals surface area contributed by atoms with Crippen LogP contribution < -0.4 is 5.32 Å². The summed E-state index contributed by atoms with van der Waals surface area (Å²) in [6.45, 7) is 0.791. The largest absolute Gasteiger partial charge is 0.337 e. The number of carbonyl (C=O) groups excluding carboxylic acids is 1. The Kier molecular flexibility index (Phi) is 4.42. The Hall–Kier alpha value is -1.89. The molecule has 0 saturated heterocycles. The molecule has 1 fully saturated rings. The number of hydrogen-bond donors (Lipinski definition) is 1. The van der Waals surface area contributed by atoms with Crippen LogP contribution >= 0.6 is 15.9 Å². The van der Waals surface area contributed by atoms with Crippen LogP contribution in [0, 0.1) is 0 Å². The number of aromatic nitrogens is 2. The molecule has 7 heteroatoms. The first kappa shape index (κ1) is 15.0. The van der Waals surface area contributed by atoms with E-state index in [2.05, 4.69) is 31.4 Å². The summed E-state index contributed by atoms with van der Waals surface area (Å²) in [5.41, 5.74) is 1.06. The second-order valence-electron chi connectivity index (χ2n) is 5.46. The Labute approximate surface area is 137 Å². The fourth-order valence-corrected chi connectivity index (χ4v) is 2.33. The topological polar surface area (TPSA) is 71.3 Å². The lowest BCUT2D eigenvalue weighted by Crippen LogP contribution is -2.36. The van der Waals surface area contributed by atoms with E-state index < -0.39 is 0 Å². The number of amides is 2. The van der Waals surface area contributed by atoms with Crippen LogP contribution in [0.15, 0.2) is 33.3 Å². The van der Waals surface area contributed by atoms with Crippen LogP contribution in [0.2, 0.25) is 0 Å². The SMILES string of the molecule is CN(Cc1ccc(Br)cc1)C(=O)NCc1nc(C2CC2)no1. The molecular weight excluding hydrogens is 348 g/mol. The summed E-state index contributed by atoms with van der Waals surface area (Å²) in [7, 11) is 1.75. The zero-order chi connectivity index (χ0) is 15.5. The Bertz CT molecular complexity index is 652. The summed E-state index contributed by atoms with van der Waals surface area (Å²) in [6, 6.07) is 7.70. The summed E-state index contributed by atoms with van der Waals surface area (Å²) < 4.78 is 6.15. The second-order valence-corrected chi connectivity index (χ2v) is 6.38. The highest BCUT2D eigenvalue weighted by molar-refractivity contribution is 9.10. The third-order valence-electron chi connectivity index (χ3n) is 3.50. The second kappa shape index (κ2) is 6.48. The van der Waals surface area contributed by atoms with Gasteiger partial charge in [0.15, 0.2) is 5.82 Å². The smallest absolute Gasteiger partial charge is 0.317 e. The van der Waals surface area contributed by atoms with Gasteiger partial charge in [0, 0.05) is 24.0 Å². The van der Waals surface area contributed by atoms with E-state index in [1.165, 1.54) is 0 Å². The molecule has 0 bridgehead atoms. The van der Waals surface area contributed by atoms with Gasteiger partial charge in [0.25, 0.3) is 0 Å². The Morgan fingerprint density at radius 3 is 2.82 bits per heavy atom. The molecule has 1 aliphatic carbocycles. The van der Waals surface area contributed by atoms with E-state index in [4.69, 9.17) is 4.52 Å². The molecule has 0 atom stereocenters. The van der Waals surface area contributed by atoms with Crippen molar-refractivity contribution in [2.75, 3.05) is 7.05 Å². The van der Waals surface area contributed by atoms with Gasteiger partial charge in [-0.1, -0.05) is 33.2 Å². The number of rotatable bonds is 5. The maximum Gasteiger partial charge on any atom is 0.317 e. The molecule has 1 saturated carbocycles. The van der Waals surface area contributed by atoms with Gasteiger partial charge in [-0.25, -0.2) is 4.79 Å². The Morgan fingerprint density at radius 2 is 2.14 bits per heavy atom. The van der Waals surface area contributed by atoms with Crippen molar-refractivity contribution < 1.29 is 9.32 Å². The lowest BCUT2D eigenvalue weighted by atomic mass is 10.2. The van der Waals surface area contributed by atoms with Crippen molar-refractivity contribution >= 4 is 22.0 Å². The highest BCUT2D eigenvalue weighted by Crippen LogP contribution is 2.38. The predicted octanol–water partition coefficient (Wildman–Crippen LogP) is 3.05. The van der Waals surface area contributed by atoms with Gasteiger partial charge in [-0.15, -0.1) is 0 Å². The number of hydrogen-bond acceptors (Lipinski definition) is 4. The van der Waals surface area contributed by atoms with Crippen molar-refractivity contribution in [1.29, 1.82) is 0 Å². The summed E-state index contributed by atoms with van der Waals surface area (Å²) >= 11 is 3.39. The summed E-state index contributed by atoms with van der Waals surface area (Å²) in [6.07, 6.45) is 2.25. The van der Waals surface area contributed by atoms with Crippen LogP contribution in [0.4, 0.5) is 4.79 Å². The molecular formula is C15H17BrN4O2. The molecule has 1 heterocycles. The van der Waals surface area contributed by atoms with E-state index in [1.807, 2.05) is 24.3 Å². The van der Waals surface area contributed by atoms with Crippen molar-refractivity contribution in [3.8, 4) is 0 Å². The van der Waals surface area contributed by atoms with E-state index in [0.29, 0.717) is 18.4 Å². The zero-order valence-electron chi connectivity index (χ0n) is 12.3. The van der Waals surface area contributed by atoms with Gasteiger partial charge in [-0.2, -0.15) is 4.98 Å². The monoisotopic (exact) mass is 364 g/mol.